The third kappa shape index (κ3) is 5.30. The van der Waals surface area contributed by atoms with Gasteiger partial charge in [-0.25, -0.2) is 4.39 Å². The Balaban J connectivity index is 2.07. The van der Waals surface area contributed by atoms with Gasteiger partial charge in [-0.1, -0.05) is 13.8 Å². The summed E-state index contributed by atoms with van der Waals surface area (Å²) in [5.74, 6) is -0.446. The van der Waals surface area contributed by atoms with Gasteiger partial charge in [0.15, 0.2) is 0 Å². The van der Waals surface area contributed by atoms with Crippen LogP contribution in [0, 0.1) is 17.7 Å². The first-order chi connectivity index (χ1) is 11.5. The van der Waals surface area contributed by atoms with Crippen LogP contribution in [0.2, 0.25) is 0 Å². The van der Waals surface area contributed by atoms with E-state index in [2.05, 4.69) is 16.0 Å². The lowest BCUT2D eigenvalue weighted by atomic mass is 9.89. The summed E-state index contributed by atoms with van der Waals surface area (Å²) in [4.78, 5) is 25.0. The topological polar surface area (TPSA) is 70.2 Å². The van der Waals surface area contributed by atoms with E-state index in [1.54, 1.807) is 0 Å². The highest BCUT2D eigenvalue weighted by Gasteiger charge is 2.31. The smallest absolute Gasteiger partial charge is 0.251 e. The van der Waals surface area contributed by atoms with Crippen LogP contribution in [0.3, 0.4) is 0 Å². The van der Waals surface area contributed by atoms with Crippen molar-refractivity contribution >= 4 is 11.8 Å². The van der Waals surface area contributed by atoms with E-state index in [1.807, 2.05) is 13.8 Å². The van der Waals surface area contributed by atoms with Gasteiger partial charge in [-0.2, -0.15) is 0 Å². The fraction of sp³-hybridized carbons (Fsp3) is 0.556. The molecule has 0 spiro atoms. The summed E-state index contributed by atoms with van der Waals surface area (Å²) in [6, 6.07) is 4.77. The highest BCUT2D eigenvalue weighted by Crippen LogP contribution is 2.17. The fourth-order valence-electron chi connectivity index (χ4n) is 2.82. The molecule has 1 aliphatic heterocycles. The van der Waals surface area contributed by atoms with Crippen LogP contribution in [0.4, 0.5) is 4.39 Å². The number of halogens is 1. The number of carbonyl (C=O) groups is 2. The van der Waals surface area contributed by atoms with Crippen LogP contribution < -0.4 is 16.0 Å². The van der Waals surface area contributed by atoms with Gasteiger partial charge in [0.25, 0.3) is 5.91 Å². The van der Waals surface area contributed by atoms with Crippen molar-refractivity contribution in [1.29, 1.82) is 0 Å². The first-order valence-corrected chi connectivity index (χ1v) is 8.52. The molecule has 5 nitrogen and oxygen atoms in total. The summed E-state index contributed by atoms with van der Waals surface area (Å²) in [5, 5.41) is 9.02. The molecule has 0 saturated carbocycles. The third-order valence-corrected chi connectivity index (χ3v) is 4.22. The van der Waals surface area contributed by atoms with Gasteiger partial charge in [0, 0.05) is 12.1 Å². The maximum Gasteiger partial charge on any atom is 0.251 e. The van der Waals surface area contributed by atoms with E-state index in [4.69, 9.17) is 0 Å². The molecule has 1 aromatic carbocycles. The van der Waals surface area contributed by atoms with Crippen LogP contribution in [-0.4, -0.2) is 37.5 Å². The number of amides is 2. The number of carbonyl (C=O) groups excluding carboxylic acids is 2. The molecule has 1 atom stereocenters. The van der Waals surface area contributed by atoms with E-state index in [9.17, 15) is 14.0 Å². The number of nitrogens with one attached hydrogen (secondary N) is 3. The predicted octanol–water partition coefficient (Wildman–Crippen LogP) is 1.70. The van der Waals surface area contributed by atoms with Crippen molar-refractivity contribution in [2.24, 2.45) is 11.8 Å². The minimum atomic E-state index is -0.566. The molecule has 1 aromatic rings. The lowest BCUT2D eigenvalue weighted by Gasteiger charge is -2.30. The molecule has 0 bridgehead atoms. The highest BCUT2D eigenvalue weighted by molar-refractivity contribution is 5.97. The van der Waals surface area contributed by atoms with E-state index in [0.717, 1.165) is 25.9 Å². The van der Waals surface area contributed by atoms with Gasteiger partial charge in [-0.05, 0) is 62.0 Å². The molecule has 0 radical (unpaired) electrons. The van der Waals surface area contributed by atoms with E-state index >= 15 is 0 Å². The molecule has 0 aliphatic carbocycles. The van der Waals surface area contributed by atoms with Gasteiger partial charge in [0.1, 0.15) is 11.9 Å². The number of hydrogen-bond donors (Lipinski definition) is 3. The van der Waals surface area contributed by atoms with Crippen LogP contribution in [0.1, 0.15) is 37.0 Å². The zero-order chi connectivity index (χ0) is 17.5. The second kappa shape index (κ2) is 8.78. The van der Waals surface area contributed by atoms with Crippen molar-refractivity contribution in [3.8, 4) is 0 Å². The van der Waals surface area contributed by atoms with Crippen molar-refractivity contribution < 1.29 is 14.0 Å². The Morgan fingerprint density at radius 3 is 2.42 bits per heavy atom. The summed E-state index contributed by atoms with van der Waals surface area (Å²) in [6.45, 7) is 6.30. The van der Waals surface area contributed by atoms with Crippen LogP contribution in [0.25, 0.3) is 0 Å². The first-order valence-electron chi connectivity index (χ1n) is 8.52. The zero-order valence-corrected chi connectivity index (χ0v) is 14.3. The van der Waals surface area contributed by atoms with Crippen molar-refractivity contribution in [3.05, 3.63) is 35.6 Å². The molecular weight excluding hydrogens is 309 g/mol. The molecule has 2 rings (SSSR count). The second-order valence-electron chi connectivity index (χ2n) is 6.68. The van der Waals surface area contributed by atoms with Gasteiger partial charge in [0.2, 0.25) is 5.91 Å². The molecule has 1 unspecified atom stereocenters. The van der Waals surface area contributed by atoms with Crippen LogP contribution in [0.5, 0.6) is 0 Å². The molecule has 1 fully saturated rings. The van der Waals surface area contributed by atoms with Gasteiger partial charge < -0.3 is 16.0 Å². The molecular formula is C18H26FN3O2. The maximum atomic E-state index is 13.0. The van der Waals surface area contributed by atoms with E-state index in [0.29, 0.717) is 18.0 Å². The Morgan fingerprint density at radius 2 is 1.83 bits per heavy atom. The van der Waals surface area contributed by atoms with Gasteiger partial charge >= 0.3 is 0 Å². The second-order valence-corrected chi connectivity index (χ2v) is 6.68. The van der Waals surface area contributed by atoms with Crippen molar-refractivity contribution in [2.45, 2.75) is 32.7 Å². The fourth-order valence-corrected chi connectivity index (χ4v) is 2.82. The molecule has 0 aromatic heterocycles. The third-order valence-electron chi connectivity index (χ3n) is 4.22. The standard InChI is InChI=1S/C18H26FN3O2/c1-12(2)11-21-18(24)16(13-7-9-20-10-8-13)22-17(23)14-3-5-15(19)6-4-14/h3-6,12-13,16,20H,7-11H2,1-2H3,(H,21,24)(H,22,23). The predicted molar refractivity (Wildman–Crippen MR) is 91.1 cm³/mol. The summed E-state index contributed by atoms with van der Waals surface area (Å²) >= 11 is 0. The molecule has 6 heteroatoms. The van der Waals surface area contributed by atoms with Crippen molar-refractivity contribution in [3.63, 3.8) is 0 Å². The Morgan fingerprint density at radius 1 is 1.21 bits per heavy atom. The van der Waals surface area contributed by atoms with Crippen LogP contribution in [-0.2, 0) is 4.79 Å². The number of piperidine rings is 1. The van der Waals surface area contributed by atoms with E-state index in [1.165, 1.54) is 24.3 Å². The Kier molecular flexibility index (Phi) is 6.73. The average molecular weight is 335 g/mol. The molecule has 132 valence electrons. The summed E-state index contributed by atoms with van der Waals surface area (Å²) in [6.07, 6.45) is 1.67. The zero-order valence-electron chi connectivity index (χ0n) is 14.3. The Hall–Kier alpha value is -1.95. The van der Waals surface area contributed by atoms with E-state index < -0.39 is 11.9 Å². The van der Waals surface area contributed by atoms with Gasteiger partial charge in [-0.15, -0.1) is 0 Å². The SMILES string of the molecule is CC(C)CNC(=O)C(NC(=O)c1ccc(F)cc1)C1CCNCC1. The monoisotopic (exact) mass is 335 g/mol. The Bertz CT molecular complexity index is 554. The van der Waals surface area contributed by atoms with Crippen LogP contribution >= 0.6 is 0 Å². The first kappa shape index (κ1) is 18.4. The Labute approximate surface area is 142 Å². The summed E-state index contributed by atoms with van der Waals surface area (Å²) < 4.78 is 13.0. The normalized spacial score (nSPS) is 16.7. The molecule has 24 heavy (non-hydrogen) atoms. The molecule has 1 heterocycles. The van der Waals surface area contributed by atoms with Gasteiger partial charge in [0.05, 0.1) is 0 Å². The molecule has 3 N–H and O–H groups in total. The lowest BCUT2D eigenvalue weighted by Crippen LogP contribution is -2.53. The summed E-state index contributed by atoms with van der Waals surface area (Å²) in [5.41, 5.74) is 0.354. The van der Waals surface area contributed by atoms with E-state index in [-0.39, 0.29) is 17.7 Å². The molecule has 1 aliphatic rings. The average Bonchev–Trinajstić information content (AvgIpc) is 2.58. The minimum absolute atomic E-state index is 0.0998. The number of rotatable bonds is 6. The van der Waals surface area contributed by atoms with Gasteiger partial charge in [-0.3, -0.25) is 9.59 Å². The number of benzene rings is 1. The largest absolute Gasteiger partial charge is 0.354 e. The van der Waals surface area contributed by atoms with Crippen molar-refractivity contribution in [1.82, 2.24) is 16.0 Å². The lowest BCUT2D eigenvalue weighted by molar-refractivity contribution is -0.124. The maximum absolute atomic E-state index is 13.0. The number of hydrogen-bond acceptors (Lipinski definition) is 3. The minimum Gasteiger partial charge on any atom is -0.354 e. The molecule has 1 saturated heterocycles. The van der Waals surface area contributed by atoms with Crippen molar-refractivity contribution in [2.75, 3.05) is 19.6 Å². The quantitative estimate of drug-likeness (QED) is 0.741. The highest BCUT2D eigenvalue weighted by atomic mass is 19.1. The van der Waals surface area contributed by atoms with Crippen LogP contribution in [0.15, 0.2) is 24.3 Å². The summed E-state index contributed by atoms with van der Waals surface area (Å²) in [7, 11) is 0. The molecule has 2 amide bonds.